The summed E-state index contributed by atoms with van der Waals surface area (Å²) >= 11 is 0. The number of hydrogen-bond donors (Lipinski definition) is 4. The molecule has 8 heteroatoms. The predicted molar refractivity (Wildman–Crippen MR) is 86.4 cm³/mol. The molecular weight excluding hydrogens is 319 g/mol. The van der Waals surface area contributed by atoms with Crippen LogP contribution in [0, 0.1) is 0 Å². The molecule has 7 nitrogen and oxygen atoms in total. The second-order valence-electron chi connectivity index (χ2n) is 5.84. The number of aliphatic hydroxyl groups is 1. The van der Waals surface area contributed by atoms with Crippen LogP contribution in [0.4, 0.5) is 0 Å². The molecule has 1 saturated heterocycles. The Bertz CT molecular complexity index is 726. The van der Waals surface area contributed by atoms with Crippen LogP contribution in [0.3, 0.4) is 0 Å². The smallest absolute Gasteiger partial charge is 0.404 e. The summed E-state index contributed by atoms with van der Waals surface area (Å²) in [6.07, 6.45) is 4.67. The van der Waals surface area contributed by atoms with Gasteiger partial charge in [0, 0.05) is 29.7 Å². The number of aliphatic hydroxyl groups excluding tert-OH is 1. The topological polar surface area (TPSA) is 106 Å². The van der Waals surface area contributed by atoms with Crippen molar-refractivity contribution in [2.75, 3.05) is 19.7 Å². The van der Waals surface area contributed by atoms with Crippen molar-refractivity contribution in [3.8, 4) is 5.75 Å². The zero-order valence-corrected chi connectivity index (χ0v) is 13.6. The second kappa shape index (κ2) is 6.63. The van der Waals surface area contributed by atoms with Gasteiger partial charge in [-0.25, -0.2) is 4.57 Å². The van der Waals surface area contributed by atoms with Gasteiger partial charge < -0.3 is 14.6 Å². The summed E-state index contributed by atoms with van der Waals surface area (Å²) < 4.78 is 16.0. The molecular formula is C15H21N2O5P. The van der Waals surface area contributed by atoms with Gasteiger partial charge in [0.15, 0.2) is 0 Å². The van der Waals surface area contributed by atoms with Crippen molar-refractivity contribution < 1.29 is 24.0 Å². The molecule has 2 aromatic rings. The zero-order chi connectivity index (χ0) is 16.4. The number of likely N-dealkylation sites (tertiary alicyclic amines) is 1. The maximum absolute atomic E-state index is 11.2. The molecule has 1 aromatic heterocycles. The fraction of sp³-hybridized carbons (Fsp3) is 0.467. The van der Waals surface area contributed by atoms with Crippen LogP contribution in [0.25, 0.3) is 10.9 Å². The van der Waals surface area contributed by atoms with E-state index in [0.717, 1.165) is 43.4 Å². The number of fused-ring (bicyclic) bond motifs is 1. The van der Waals surface area contributed by atoms with Gasteiger partial charge in [-0.15, -0.1) is 0 Å². The van der Waals surface area contributed by atoms with E-state index >= 15 is 0 Å². The molecule has 1 fully saturated rings. The summed E-state index contributed by atoms with van der Waals surface area (Å²) in [7, 11) is -4.60. The maximum Gasteiger partial charge on any atom is 0.524 e. The highest BCUT2D eigenvalue weighted by Gasteiger charge is 2.24. The van der Waals surface area contributed by atoms with E-state index in [0.29, 0.717) is 5.39 Å². The number of nitrogens with zero attached hydrogens (tertiary/aromatic N) is 1. The average Bonchev–Trinajstić information content (AvgIpc) is 3.10. The van der Waals surface area contributed by atoms with Crippen molar-refractivity contribution >= 4 is 18.7 Å². The highest BCUT2D eigenvalue weighted by atomic mass is 31.2. The zero-order valence-electron chi connectivity index (χ0n) is 12.7. The van der Waals surface area contributed by atoms with Crippen LogP contribution in [0.2, 0.25) is 0 Å². The van der Waals surface area contributed by atoms with E-state index in [1.54, 1.807) is 12.1 Å². The van der Waals surface area contributed by atoms with E-state index in [1.807, 2.05) is 12.3 Å². The van der Waals surface area contributed by atoms with Crippen molar-refractivity contribution in [2.45, 2.75) is 25.3 Å². The lowest BCUT2D eigenvalue weighted by molar-refractivity contribution is 0.160. The monoisotopic (exact) mass is 340 g/mol. The van der Waals surface area contributed by atoms with Crippen molar-refractivity contribution in [2.24, 2.45) is 0 Å². The molecule has 3 rings (SSSR count). The van der Waals surface area contributed by atoms with Gasteiger partial charge in [-0.2, -0.15) is 0 Å². The Morgan fingerprint density at radius 2 is 2.22 bits per heavy atom. The van der Waals surface area contributed by atoms with Crippen LogP contribution >= 0.6 is 7.82 Å². The van der Waals surface area contributed by atoms with Gasteiger partial charge >= 0.3 is 7.82 Å². The maximum atomic E-state index is 11.2. The number of benzene rings is 1. The SMILES string of the molecule is O=P(O)(O)Oc1cccc2[nH]cc(CCN3CCC[C@H]3CO)c12. The van der Waals surface area contributed by atoms with Gasteiger partial charge in [-0.1, -0.05) is 6.07 Å². The number of phosphoric acid groups is 1. The second-order valence-corrected chi connectivity index (χ2v) is 7.00. The lowest BCUT2D eigenvalue weighted by Crippen LogP contribution is -2.33. The van der Waals surface area contributed by atoms with Crippen LogP contribution in [0.1, 0.15) is 18.4 Å². The molecule has 0 aliphatic carbocycles. The Kier molecular flexibility index (Phi) is 4.75. The third kappa shape index (κ3) is 3.76. The fourth-order valence-electron chi connectivity index (χ4n) is 3.28. The van der Waals surface area contributed by atoms with Crippen LogP contribution in [-0.2, 0) is 11.0 Å². The van der Waals surface area contributed by atoms with Gasteiger partial charge in [-0.05, 0) is 43.5 Å². The van der Waals surface area contributed by atoms with Gasteiger partial charge in [0.05, 0.1) is 6.61 Å². The average molecular weight is 340 g/mol. The van der Waals surface area contributed by atoms with E-state index in [9.17, 15) is 9.67 Å². The molecule has 1 aliphatic rings. The number of aromatic nitrogens is 1. The number of nitrogens with one attached hydrogen (secondary N) is 1. The van der Waals surface area contributed by atoms with Crippen molar-refractivity contribution in [1.82, 2.24) is 9.88 Å². The number of phosphoric ester groups is 1. The van der Waals surface area contributed by atoms with Crippen LogP contribution < -0.4 is 4.52 Å². The van der Waals surface area contributed by atoms with Gasteiger partial charge in [0.2, 0.25) is 0 Å². The van der Waals surface area contributed by atoms with Gasteiger partial charge in [0.1, 0.15) is 5.75 Å². The molecule has 0 radical (unpaired) electrons. The summed E-state index contributed by atoms with van der Waals surface area (Å²) in [5.74, 6) is 0.187. The Hall–Kier alpha value is -1.37. The molecule has 0 unspecified atom stereocenters. The summed E-state index contributed by atoms with van der Waals surface area (Å²) in [5, 5.41) is 10.1. The third-order valence-corrected chi connectivity index (χ3v) is 4.78. The molecule has 0 spiro atoms. The minimum atomic E-state index is -4.60. The van der Waals surface area contributed by atoms with Crippen molar-refractivity contribution in [1.29, 1.82) is 0 Å². The molecule has 0 bridgehead atoms. The first-order chi connectivity index (χ1) is 11.0. The lowest BCUT2D eigenvalue weighted by Gasteiger charge is -2.22. The van der Waals surface area contributed by atoms with Crippen molar-refractivity contribution in [3.63, 3.8) is 0 Å². The molecule has 126 valence electrons. The molecule has 23 heavy (non-hydrogen) atoms. The first kappa shape index (κ1) is 16.5. The largest absolute Gasteiger partial charge is 0.524 e. The summed E-state index contributed by atoms with van der Waals surface area (Å²) in [4.78, 5) is 23.5. The fourth-order valence-corrected chi connectivity index (χ4v) is 3.69. The van der Waals surface area contributed by atoms with E-state index in [2.05, 4.69) is 9.88 Å². The number of hydrogen-bond acceptors (Lipinski definition) is 4. The molecule has 2 heterocycles. The quantitative estimate of drug-likeness (QED) is 0.596. The Balaban J connectivity index is 1.82. The summed E-state index contributed by atoms with van der Waals surface area (Å²) in [6.45, 7) is 1.93. The standard InChI is InChI=1S/C15H21N2O5P/c18-10-12-3-2-7-17(12)8-6-11-9-16-13-4-1-5-14(15(11)13)22-23(19,20)21/h1,4-5,9,12,16,18H,2-3,6-8,10H2,(H2,19,20,21)/t12-/m0/s1. The van der Waals surface area contributed by atoms with Crippen LogP contribution in [-0.4, -0.2) is 50.5 Å². The Morgan fingerprint density at radius 3 is 2.96 bits per heavy atom. The number of aromatic amines is 1. The number of rotatable bonds is 6. The van der Waals surface area contributed by atoms with Crippen LogP contribution in [0.5, 0.6) is 5.75 Å². The molecule has 1 atom stereocenters. The van der Waals surface area contributed by atoms with Crippen LogP contribution in [0.15, 0.2) is 24.4 Å². The third-order valence-electron chi connectivity index (χ3n) is 4.34. The summed E-state index contributed by atoms with van der Waals surface area (Å²) in [5.41, 5.74) is 1.73. The first-order valence-electron chi connectivity index (χ1n) is 7.67. The molecule has 4 N–H and O–H groups in total. The molecule has 0 saturated carbocycles. The lowest BCUT2D eigenvalue weighted by atomic mass is 10.1. The highest BCUT2D eigenvalue weighted by Crippen LogP contribution is 2.41. The van der Waals surface area contributed by atoms with Crippen molar-refractivity contribution in [3.05, 3.63) is 30.0 Å². The van der Waals surface area contributed by atoms with E-state index in [1.165, 1.54) is 0 Å². The molecule has 1 aromatic carbocycles. The van der Waals surface area contributed by atoms with E-state index in [4.69, 9.17) is 14.3 Å². The predicted octanol–water partition coefficient (Wildman–Crippen LogP) is 1.64. The van der Waals surface area contributed by atoms with E-state index in [-0.39, 0.29) is 18.4 Å². The minimum absolute atomic E-state index is 0.167. The van der Waals surface area contributed by atoms with Gasteiger partial charge in [0.25, 0.3) is 0 Å². The van der Waals surface area contributed by atoms with E-state index < -0.39 is 7.82 Å². The minimum Gasteiger partial charge on any atom is -0.404 e. The molecule has 0 amide bonds. The Labute approximate surface area is 134 Å². The number of H-pyrrole nitrogens is 1. The summed E-state index contributed by atoms with van der Waals surface area (Å²) in [6, 6.07) is 5.31. The van der Waals surface area contributed by atoms with Gasteiger partial charge in [-0.3, -0.25) is 14.7 Å². The highest BCUT2D eigenvalue weighted by molar-refractivity contribution is 7.46. The Morgan fingerprint density at radius 1 is 1.39 bits per heavy atom. The molecule has 1 aliphatic heterocycles. The normalized spacial score (nSPS) is 19.5. The first-order valence-corrected chi connectivity index (χ1v) is 9.20.